The molecule has 1 aromatic heterocycles. The lowest BCUT2D eigenvalue weighted by atomic mass is 10.0. The molecule has 0 atom stereocenters. The van der Waals surface area contributed by atoms with Crippen molar-refractivity contribution in [3.8, 4) is 0 Å². The molecular formula is C23H22O4. The van der Waals surface area contributed by atoms with Gasteiger partial charge in [0, 0.05) is 17.0 Å². The highest BCUT2D eigenvalue weighted by atomic mass is 16.5. The van der Waals surface area contributed by atoms with E-state index in [9.17, 15) is 9.59 Å². The molecule has 1 aliphatic carbocycles. The minimum atomic E-state index is -0.430. The summed E-state index contributed by atoms with van der Waals surface area (Å²) in [5.74, 6) is -0.292. The summed E-state index contributed by atoms with van der Waals surface area (Å²) in [7, 11) is 0. The lowest BCUT2D eigenvalue weighted by molar-refractivity contribution is -0.144. The number of carbonyl (C=O) groups excluding carboxylic acids is 1. The Morgan fingerprint density at radius 3 is 2.70 bits per heavy atom. The van der Waals surface area contributed by atoms with E-state index >= 15 is 0 Å². The number of esters is 1. The summed E-state index contributed by atoms with van der Waals surface area (Å²) in [6.07, 6.45) is 4.51. The summed E-state index contributed by atoms with van der Waals surface area (Å²) in [6, 6.07) is 13.4. The van der Waals surface area contributed by atoms with Gasteiger partial charge in [-0.3, -0.25) is 4.79 Å². The van der Waals surface area contributed by atoms with Gasteiger partial charge in [-0.2, -0.15) is 0 Å². The lowest BCUT2D eigenvalue weighted by Crippen LogP contribution is -2.10. The molecule has 0 aliphatic heterocycles. The first kappa shape index (κ1) is 17.5. The van der Waals surface area contributed by atoms with Crippen molar-refractivity contribution < 1.29 is 13.9 Å². The fraction of sp³-hybridized carbons (Fsp3) is 0.304. The van der Waals surface area contributed by atoms with Crippen LogP contribution in [0.4, 0.5) is 0 Å². The van der Waals surface area contributed by atoms with Crippen molar-refractivity contribution >= 4 is 16.9 Å². The highest BCUT2D eigenvalue weighted by Gasteiger charge is 2.14. The number of ether oxygens (including phenoxy) is 1. The third-order valence-electron chi connectivity index (χ3n) is 5.20. The topological polar surface area (TPSA) is 56.5 Å². The van der Waals surface area contributed by atoms with Crippen LogP contribution >= 0.6 is 0 Å². The van der Waals surface area contributed by atoms with E-state index in [1.165, 1.54) is 23.6 Å². The predicted octanol–water partition coefficient (Wildman–Crippen LogP) is 4.13. The molecule has 4 rings (SSSR count). The summed E-state index contributed by atoms with van der Waals surface area (Å²) >= 11 is 0. The molecule has 0 saturated heterocycles. The van der Waals surface area contributed by atoms with Gasteiger partial charge in [-0.25, -0.2) is 4.79 Å². The van der Waals surface area contributed by atoms with Gasteiger partial charge in [0.05, 0.1) is 6.42 Å². The Kier molecular flexibility index (Phi) is 4.80. The second-order valence-corrected chi connectivity index (χ2v) is 7.07. The number of hydrogen-bond acceptors (Lipinski definition) is 4. The molecule has 1 heterocycles. The van der Waals surface area contributed by atoms with Crippen molar-refractivity contribution in [1.29, 1.82) is 0 Å². The van der Waals surface area contributed by atoms with E-state index in [1.54, 1.807) is 0 Å². The molecule has 0 amide bonds. The molecule has 4 heteroatoms. The lowest BCUT2D eigenvalue weighted by Gasteiger charge is -2.09. The number of rotatable bonds is 5. The summed E-state index contributed by atoms with van der Waals surface area (Å²) in [5.41, 5.74) is 5.58. The van der Waals surface area contributed by atoms with Crippen molar-refractivity contribution in [2.75, 3.05) is 0 Å². The van der Waals surface area contributed by atoms with Crippen LogP contribution in [0.15, 0.2) is 51.7 Å². The molecule has 0 saturated carbocycles. The molecular weight excluding hydrogens is 340 g/mol. The second-order valence-electron chi connectivity index (χ2n) is 7.07. The van der Waals surface area contributed by atoms with E-state index in [1.807, 2.05) is 31.2 Å². The van der Waals surface area contributed by atoms with E-state index in [-0.39, 0.29) is 19.0 Å². The SMILES string of the molecule is CCc1ccc2c(COC(=O)Cc3ccc4c(c3)CCC4)cc(=O)oc2c1. The molecule has 0 spiro atoms. The predicted molar refractivity (Wildman–Crippen MR) is 104 cm³/mol. The zero-order valence-corrected chi connectivity index (χ0v) is 15.4. The Morgan fingerprint density at radius 2 is 1.85 bits per heavy atom. The van der Waals surface area contributed by atoms with E-state index in [0.717, 1.165) is 35.8 Å². The molecule has 3 aromatic rings. The van der Waals surface area contributed by atoms with Gasteiger partial charge >= 0.3 is 11.6 Å². The number of benzene rings is 2. The first-order valence-corrected chi connectivity index (χ1v) is 9.44. The third kappa shape index (κ3) is 3.80. The smallest absolute Gasteiger partial charge is 0.336 e. The van der Waals surface area contributed by atoms with E-state index < -0.39 is 5.63 Å². The monoisotopic (exact) mass is 362 g/mol. The number of fused-ring (bicyclic) bond motifs is 2. The summed E-state index contributed by atoms with van der Waals surface area (Å²) in [6.45, 7) is 2.11. The third-order valence-corrected chi connectivity index (χ3v) is 5.20. The number of hydrogen-bond donors (Lipinski definition) is 0. The van der Waals surface area contributed by atoms with Crippen molar-refractivity contribution in [3.63, 3.8) is 0 Å². The van der Waals surface area contributed by atoms with Gasteiger partial charge in [-0.05, 0) is 54.0 Å². The number of aryl methyl sites for hydroxylation is 3. The maximum absolute atomic E-state index is 12.3. The van der Waals surface area contributed by atoms with Crippen LogP contribution < -0.4 is 5.63 Å². The van der Waals surface area contributed by atoms with Gasteiger partial charge in [-0.15, -0.1) is 0 Å². The normalized spacial score (nSPS) is 12.9. The van der Waals surface area contributed by atoms with Crippen LogP contribution in [0.5, 0.6) is 0 Å². The van der Waals surface area contributed by atoms with Crippen molar-refractivity contribution in [1.82, 2.24) is 0 Å². The van der Waals surface area contributed by atoms with E-state index in [2.05, 4.69) is 12.1 Å². The fourth-order valence-corrected chi connectivity index (χ4v) is 3.72. The van der Waals surface area contributed by atoms with Crippen molar-refractivity contribution in [2.45, 2.75) is 45.6 Å². The van der Waals surface area contributed by atoms with Gasteiger partial charge in [0.2, 0.25) is 0 Å². The van der Waals surface area contributed by atoms with Crippen LogP contribution in [0.3, 0.4) is 0 Å². The number of carbonyl (C=O) groups is 1. The van der Waals surface area contributed by atoms with E-state index in [4.69, 9.17) is 9.15 Å². The van der Waals surface area contributed by atoms with Crippen LogP contribution in [0.2, 0.25) is 0 Å². The molecule has 4 nitrogen and oxygen atoms in total. The van der Waals surface area contributed by atoms with Gasteiger partial charge in [-0.1, -0.05) is 37.3 Å². The summed E-state index contributed by atoms with van der Waals surface area (Å²) in [5, 5.41) is 0.803. The van der Waals surface area contributed by atoms with Crippen LogP contribution in [0.1, 0.15) is 41.2 Å². The molecule has 1 aliphatic rings. The first-order chi connectivity index (χ1) is 13.1. The maximum atomic E-state index is 12.3. The van der Waals surface area contributed by atoms with Crippen LogP contribution in [-0.4, -0.2) is 5.97 Å². The molecule has 0 N–H and O–H groups in total. The van der Waals surface area contributed by atoms with E-state index in [0.29, 0.717) is 11.1 Å². The Labute approximate surface area is 157 Å². The van der Waals surface area contributed by atoms with Crippen LogP contribution in [-0.2, 0) is 41.8 Å². The molecule has 0 unspecified atom stereocenters. The molecule has 0 bridgehead atoms. The molecule has 2 aromatic carbocycles. The van der Waals surface area contributed by atoms with Gasteiger partial charge in [0.1, 0.15) is 12.2 Å². The van der Waals surface area contributed by atoms with Crippen LogP contribution in [0, 0.1) is 0 Å². The Bertz CT molecular complexity index is 1060. The molecule has 0 fully saturated rings. The maximum Gasteiger partial charge on any atom is 0.336 e. The highest BCUT2D eigenvalue weighted by molar-refractivity contribution is 5.81. The second kappa shape index (κ2) is 7.39. The minimum Gasteiger partial charge on any atom is -0.461 e. The fourth-order valence-electron chi connectivity index (χ4n) is 3.72. The standard InChI is InChI=1S/C23H22O4/c1-2-15-7-9-20-19(13-23(25)27-21(20)11-15)14-26-22(24)12-16-6-8-17-4-3-5-18(17)10-16/h6-11,13H,2-5,12,14H2,1H3. The Hall–Kier alpha value is -2.88. The quantitative estimate of drug-likeness (QED) is 0.506. The molecule has 138 valence electrons. The Morgan fingerprint density at radius 1 is 1.04 bits per heavy atom. The van der Waals surface area contributed by atoms with Crippen molar-refractivity contribution in [3.05, 3.63) is 80.7 Å². The molecule has 0 radical (unpaired) electrons. The zero-order chi connectivity index (χ0) is 18.8. The van der Waals surface area contributed by atoms with Gasteiger partial charge in [0.15, 0.2) is 0 Å². The van der Waals surface area contributed by atoms with Gasteiger partial charge < -0.3 is 9.15 Å². The minimum absolute atomic E-state index is 0.0668. The Balaban J connectivity index is 1.48. The average Bonchev–Trinajstić information content (AvgIpc) is 3.13. The summed E-state index contributed by atoms with van der Waals surface area (Å²) in [4.78, 5) is 24.1. The molecule has 27 heavy (non-hydrogen) atoms. The largest absolute Gasteiger partial charge is 0.461 e. The van der Waals surface area contributed by atoms with Crippen molar-refractivity contribution in [2.24, 2.45) is 0 Å². The average molecular weight is 362 g/mol. The van der Waals surface area contributed by atoms with Gasteiger partial charge in [0.25, 0.3) is 0 Å². The van der Waals surface area contributed by atoms with Crippen LogP contribution in [0.25, 0.3) is 11.0 Å². The summed E-state index contributed by atoms with van der Waals surface area (Å²) < 4.78 is 10.7. The zero-order valence-electron chi connectivity index (χ0n) is 15.4. The highest BCUT2D eigenvalue weighted by Crippen LogP contribution is 2.23. The first-order valence-electron chi connectivity index (χ1n) is 9.44.